The Hall–Kier alpha value is -5.10. The molecule has 0 amide bonds. The fourth-order valence-electron chi connectivity index (χ4n) is 2.27. The van der Waals surface area contributed by atoms with Crippen LogP contribution in [0.25, 0.3) is 0 Å². The van der Waals surface area contributed by atoms with Crippen molar-refractivity contribution < 1.29 is 19.7 Å². The SMILES string of the molecule is NCC/C=N/Nc1ccc([N+](=O)[O-])cc1[N+](=O)[O-].NCC/C=N\Nc1ccc([N+](=O)[O-])cc1[N+](=O)[O-]. The van der Waals surface area contributed by atoms with E-state index in [4.69, 9.17) is 11.5 Å². The van der Waals surface area contributed by atoms with Crippen molar-refractivity contribution in [3.8, 4) is 0 Å². The number of hydrazone groups is 2. The first kappa shape index (κ1) is 28.9. The van der Waals surface area contributed by atoms with Crippen molar-refractivity contribution in [2.75, 3.05) is 23.9 Å². The molecule has 2 aromatic rings. The van der Waals surface area contributed by atoms with Crippen LogP contribution in [0.3, 0.4) is 0 Å². The number of benzene rings is 2. The van der Waals surface area contributed by atoms with E-state index in [2.05, 4.69) is 21.1 Å². The molecule has 0 aliphatic rings. The van der Waals surface area contributed by atoms with Crippen LogP contribution in [0.1, 0.15) is 12.8 Å². The van der Waals surface area contributed by atoms with Crippen LogP contribution < -0.4 is 22.3 Å². The minimum atomic E-state index is -0.714. The minimum absolute atomic E-state index is 0.0823. The smallest absolute Gasteiger partial charge is 0.301 e. The largest absolute Gasteiger partial charge is 0.330 e. The standard InChI is InChI=1S/2C9H11N5O4/c2*10-4-1-5-11-12-8-3-2-7(13(15)16)6-9(8)14(17)18/h2*2-3,5-6,12H,1,4,10H2/b11-5+;11-5-. The lowest BCUT2D eigenvalue weighted by Gasteiger charge is -2.01. The van der Waals surface area contributed by atoms with E-state index >= 15 is 0 Å². The van der Waals surface area contributed by atoms with Crippen molar-refractivity contribution in [2.24, 2.45) is 21.7 Å². The number of nitrogens with two attached hydrogens (primary N) is 2. The number of hydrogen-bond donors (Lipinski definition) is 4. The number of nitro benzene ring substituents is 4. The molecule has 0 aromatic heterocycles. The number of nitrogens with one attached hydrogen (secondary N) is 2. The topological polar surface area (TPSA) is 273 Å². The Morgan fingerprint density at radius 3 is 1.31 bits per heavy atom. The molecule has 0 fully saturated rings. The summed E-state index contributed by atoms with van der Waals surface area (Å²) in [5.74, 6) is 0. The number of nitrogens with zero attached hydrogens (tertiary/aromatic N) is 6. The number of hydrogen-bond acceptors (Lipinski definition) is 14. The third-order valence-electron chi connectivity index (χ3n) is 3.92. The fourth-order valence-corrected chi connectivity index (χ4v) is 2.27. The van der Waals surface area contributed by atoms with E-state index in [9.17, 15) is 40.5 Å². The second kappa shape index (κ2) is 14.9. The summed E-state index contributed by atoms with van der Waals surface area (Å²) in [5, 5.41) is 50.0. The number of rotatable bonds is 12. The molecule has 18 heteroatoms. The molecule has 0 unspecified atom stereocenters. The monoisotopic (exact) mass is 506 g/mol. The van der Waals surface area contributed by atoms with Crippen LogP contribution in [0.5, 0.6) is 0 Å². The molecule has 18 nitrogen and oxygen atoms in total. The van der Waals surface area contributed by atoms with Crippen molar-refractivity contribution in [2.45, 2.75) is 12.8 Å². The van der Waals surface area contributed by atoms with Crippen LogP contribution in [0.2, 0.25) is 0 Å². The second-order valence-corrected chi connectivity index (χ2v) is 6.43. The Labute approximate surface area is 202 Å². The zero-order chi connectivity index (χ0) is 27.1. The Kier molecular flexibility index (Phi) is 12.0. The van der Waals surface area contributed by atoms with Gasteiger partial charge in [-0.2, -0.15) is 10.2 Å². The molecule has 0 radical (unpaired) electrons. The summed E-state index contributed by atoms with van der Waals surface area (Å²) < 4.78 is 0. The van der Waals surface area contributed by atoms with Crippen LogP contribution in [0, 0.1) is 40.5 Å². The van der Waals surface area contributed by atoms with Gasteiger partial charge < -0.3 is 11.5 Å². The molecule has 0 saturated carbocycles. The second-order valence-electron chi connectivity index (χ2n) is 6.43. The van der Waals surface area contributed by atoms with E-state index in [0.29, 0.717) is 25.9 Å². The van der Waals surface area contributed by atoms with Crippen LogP contribution in [0.4, 0.5) is 34.1 Å². The molecule has 0 atom stereocenters. The van der Waals surface area contributed by atoms with Gasteiger partial charge in [-0.25, -0.2) is 0 Å². The van der Waals surface area contributed by atoms with Gasteiger partial charge in [0.05, 0.1) is 31.8 Å². The van der Waals surface area contributed by atoms with Crippen LogP contribution in [0.15, 0.2) is 46.6 Å². The minimum Gasteiger partial charge on any atom is -0.330 e. The maximum absolute atomic E-state index is 10.8. The van der Waals surface area contributed by atoms with Gasteiger partial charge in [-0.1, -0.05) is 0 Å². The fraction of sp³-hybridized carbons (Fsp3) is 0.222. The number of nitro groups is 4. The molecule has 0 saturated heterocycles. The van der Waals surface area contributed by atoms with E-state index in [-0.39, 0.29) is 22.7 Å². The van der Waals surface area contributed by atoms with Gasteiger partial charge >= 0.3 is 11.4 Å². The maximum Gasteiger partial charge on any atom is 0.301 e. The lowest BCUT2D eigenvalue weighted by atomic mass is 10.2. The molecule has 0 aliphatic carbocycles. The molecule has 0 spiro atoms. The Bertz CT molecular complexity index is 1070. The highest BCUT2D eigenvalue weighted by Gasteiger charge is 2.20. The summed E-state index contributed by atoms with van der Waals surface area (Å²) in [6.07, 6.45) is 3.97. The van der Waals surface area contributed by atoms with Crippen molar-refractivity contribution in [3.05, 3.63) is 76.9 Å². The molecule has 0 aliphatic heterocycles. The molecule has 0 bridgehead atoms. The number of non-ortho nitro benzene ring substituents is 2. The van der Waals surface area contributed by atoms with Crippen molar-refractivity contribution in [3.63, 3.8) is 0 Å². The first-order chi connectivity index (χ1) is 17.1. The van der Waals surface area contributed by atoms with Crippen molar-refractivity contribution >= 4 is 46.6 Å². The Balaban J connectivity index is 0.000000360. The van der Waals surface area contributed by atoms with Crippen LogP contribution in [-0.4, -0.2) is 45.2 Å². The molecule has 6 N–H and O–H groups in total. The van der Waals surface area contributed by atoms with Crippen LogP contribution >= 0.6 is 0 Å². The normalized spacial score (nSPS) is 10.5. The van der Waals surface area contributed by atoms with Gasteiger partial charge in [0.2, 0.25) is 0 Å². The average molecular weight is 506 g/mol. The first-order valence-electron chi connectivity index (χ1n) is 9.93. The zero-order valence-electron chi connectivity index (χ0n) is 18.6. The summed E-state index contributed by atoms with van der Waals surface area (Å²) in [7, 11) is 0. The number of anilines is 2. The molecular weight excluding hydrogens is 484 g/mol. The van der Waals surface area contributed by atoms with Crippen molar-refractivity contribution in [1.29, 1.82) is 0 Å². The maximum atomic E-state index is 10.8. The van der Waals surface area contributed by atoms with Gasteiger partial charge in [0.1, 0.15) is 11.4 Å². The third kappa shape index (κ3) is 9.41. The summed E-state index contributed by atoms with van der Waals surface area (Å²) in [6, 6.07) is 6.54. The highest BCUT2D eigenvalue weighted by Crippen LogP contribution is 2.29. The zero-order valence-corrected chi connectivity index (χ0v) is 18.6. The van der Waals surface area contributed by atoms with E-state index in [1.165, 1.54) is 24.6 Å². The van der Waals surface area contributed by atoms with E-state index in [1.807, 2.05) is 0 Å². The molecular formula is C18H22N10O8. The summed E-state index contributed by atoms with van der Waals surface area (Å²) in [5.41, 5.74) is 14.0. The van der Waals surface area contributed by atoms with E-state index < -0.39 is 31.1 Å². The average Bonchev–Trinajstić information content (AvgIpc) is 2.84. The molecule has 2 rings (SSSR count). The van der Waals surface area contributed by atoms with E-state index in [1.54, 1.807) is 0 Å². The van der Waals surface area contributed by atoms with E-state index in [0.717, 1.165) is 24.3 Å². The summed E-state index contributed by atoms with van der Waals surface area (Å²) in [4.78, 5) is 39.7. The van der Waals surface area contributed by atoms with Gasteiger partial charge in [-0.15, -0.1) is 0 Å². The summed E-state index contributed by atoms with van der Waals surface area (Å²) in [6.45, 7) is 0.821. The predicted molar refractivity (Wildman–Crippen MR) is 131 cm³/mol. The van der Waals surface area contributed by atoms with Gasteiger partial charge in [0.25, 0.3) is 11.4 Å². The van der Waals surface area contributed by atoms with Crippen molar-refractivity contribution in [1.82, 2.24) is 0 Å². The van der Waals surface area contributed by atoms with Gasteiger partial charge in [-0.05, 0) is 38.1 Å². The Morgan fingerprint density at radius 1 is 0.667 bits per heavy atom. The van der Waals surface area contributed by atoms with Crippen LogP contribution in [-0.2, 0) is 0 Å². The molecule has 192 valence electrons. The first-order valence-corrected chi connectivity index (χ1v) is 9.93. The molecule has 2 aromatic carbocycles. The lowest BCUT2D eigenvalue weighted by Crippen LogP contribution is -2.01. The molecule has 0 heterocycles. The third-order valence-corrected chi connectivity index (χ3v) is 3.92. The van der Waals surface area contributed by atoms with Gasteiger partial charge in [0.15, 0.2) is 0 Å². The highest BCUT2D eigenvalue weighted by molar-refractivity contribution is 5.68. The highest BCUT2D eigenvalue weighted by atomic mass is 16.6. The van der Waals surface area contributed by atoms with Gasteiger partial charge in [-0.3, -0.25) is 51.3 Å². The predicted octanol–water partition coefficient (Wildman–Crippen LogP) is 2.50. The quantitative estimate of drug-likeness (QED) is 0.183. The Morgan fingerprint density at radius 2 is 1.03 bits per heavy atom. The lowest BCUT2D eigenvalue weighted by molar-refractivity contribution is -0.393. The molecule has 36 heavy (non-hydrogen) atoms. The van der Waals surface area contributed by atoms with Gasteiger partial charge in [0, 0.05) is 24.6 Å². The summed E-state index contributed by atoms with van der Waals surface area (Å²) >= 11 is 0.